The number of benzene rings is 2. The third kappa shape index (κ3) is 3.43. The summed E-state index contributed by atoms with van der Waals surface area (Å²) in [4.78, 5) is 0.812. The molecule has 0 saturated carbocycles. The third-order valence-electron chi connectivity index (χ3n) is 2.55. The molecule has 0 bridgehead atoms. The van der Waals surface area contributed by atoms with Crippen LogP contribution >= 0.6 is 11.8 Å². The molecule has 0 aliphatic heterocycles. The molecule has 0 aromatic heterocycles. The van der Waals surface area contributed by atoms with Crippen molar-refractivity contribution in [3.8, 4) is 0 Å². The molecule has 2 aromatic rings. The third-order valence-corrected chi connectivity index (χ3v) is 4.65. The van der Waals surface area contributed by atoms with Crippen LogP contribution in [0.15, 0.2) is 52.3 Å². The summed E-state index contributed by atoms with van der Waals surface area (Å²) in [5, 5.41) is 0. The van der Waals surface area contributed by atoms with Gasteiger partial charge in [-0.05, 0) is 48.7 Å². The predicted octanol–water partition coefficient (Wildman–Crippen LogP) is 2.93. The Bertz CT molecular complexity index is 695. The first-order valence-electron chi connectivity index (χ1n) is 5.64. The van der Waals surface area contributed by atoms with Crippen molar-refractivity contribution in [1.82, 2.24) is 0 Å². The topological polar surface area (TPSA) is 72.2 Å². The highest BCUT2D eigenvalue weighted by Gasteiger charge is 2.15. The van der Waals surface area contributed by atoms with Crippen LogP contribution in [0, 0.1) is 5.82 Å². The van der Waals surface area contributed by atoms with Crippen molar-refractivity contribution in [3.63, 3.8) is 0 Å². The van der Waals surface area contributed by atoms with E-state index in [1.165, 1.54) is 6.07 Å². The second-order valence-electron chi connectivity index (χ2n) is 4.05. The first kappa shape index (κ1) is 14.7. The number of hydrogen-bond donors (Lipinski definition) is 2. The van der Waals surface area contributed by atoms with Crippen molar-refractivity contribution < 1.29 is 12.8 Å². The van der Waals surface area contributed by atoms with E-state index in [-0.39, 0.29) is 10.6 Å². The molecule has 0 fully saturated rings. The van der Waals surface area contributed by atoms with E-state index in [0.29, 0.717) is 5.69 Å². The minimum absolute atomic E-state index is 0.0584. The molecule has 0 spiro atoms. The van der Waals surface area contributed by atoms with Crippen molar-refractivity contribution in [3.05, 3.63) is 48.3 Å². The summed E-state index contributed by atoms with van der Waals surface area (Å²) in [6, 6.07) is 10.1. The van der Waals surface area contributed by atoms with Crippen molar-refractivity contribution in [1.29, 1.82) is 0 Å². The van der Waals surface area contributed by atoms with E-state index >= 15 is 0 Å². The Labute approximate surface area is 121 Å². The lowest BCUT2D eigenvalue weighted by atomic mass is 10.3. The van der Waals surface area contributed by atoms with Gasteiger partial charge >= 0.3 is 0 Å². The fourth-order valence-corrected chi connectivity index (χ4v) is 3.14. The summed E-state index contributed by atoms with van der Waals surface area (Å²) in [6.07, 6.45) is 1.93. The van der Waals surface area contributed by atoms with E-state index in [1.54, 1.807) is 36.0 Å². The number of halogens is 1. The van der Waals surface area contributed by atoms with E-state index in [0.717, 1.165) is 17.0 Å². The lowest BCUT2D eigenvalue weighted by Gasteiger charge is -2.09. The molecule has 0 atom stereocenters. The Hall–Kier alpha value is -1.73. The Morgan fingerprint density at radius 3 is 2.35 bits per heavy atom. The molecule has 7 heteroatoms. The molecule has 2 aromatic carbocycles. The highest BCUT2D eigenvalue weighted by Crippen LogP contribution is 2.22. The summed E-state index contributed by atoms with van der Waals surface area (Å²) in [5.74, 6) is -0.692. The van der Waals surface area contributed by atoms with Gasteiger partial charge in [-0.25, -0.2) is 12.8 Å². The summed E-state index contributed by atoms with van der Waals surface area (Å²) in [6.45, 7) is 0. The second kappa shape index (κ2) is 5.72. The van der Waals surface area contributed by atoms with Crippen LogP contribution in [0.5, 0.6) is 0 Å². The number of rotatable bonds is 4. The zero-order chi connectivity index (χ0) is 14.8. The quantitative estimate of drug-likeness (QED) is 0.672. The molecule has 0 radical (unpaired) electrons. The van der Waals surface area contributed by atoms with Crippen LogP contribution in [0.25, 0.3) is 0 Å². The van der Waals surface area contributed by atoms with E-state index < -0.39 is 15.8 Å². The lowest BCUT2D eigenvalue weighted by Crippen LogP contribution is -2.13. The zero-order valence-electron chi connectivity index (χ0n) is 10.6. The van der Waals surface area contributed by atoms with Crippen molar-refractivity contribution in [2.75, 3.05) is 16.7 Å². The highest BCUT2D eigenvalue weighted by molar-refractivity contribution is 7.98. The monoisotopic (exact) mass is 312 g/mol. The van der Waals surface area contributed by atoms with E-state index in [2.05, 4.69) is 4.72 Å². The molecule has 0 unspecified atom stereocenters. The molecule has 0 aliphatic rings. The molecule has 0 heterocycles. The number of hydrogen-bond acceptors (Lipinski definition) is 4. The van der Waals surface area contributed by atoms with Gasteiger partial charge in [0.05, 0.1) is 4.90 Å². The second-order valence-corrected chi connectivity index (χ2v) is 6.62. The van der Waals surface area contributed by atoms with Gasteiger partial charge in [-0.2, -0.15) is 0 Å². The minimum atomic E-state index is -3.85. The van der Waals surface area contributed by atoms with Crippen LogP contribution in [-0.4, -0.2) is 14.7 Å². The Morgan fingerprint density at radius 1 is 1.15 bits per heavy atom. The number of thioether (sulfide) groups is 1. The van der Waals surface area contributed by atoms with Gasteiger partial charge in [-0.15, -0.1) is 11.8 Å². The first-order chi connectivity index (χ1) is 9.40. The van der Waals surface area contributed by atoms with Crippen LogP contribution in [0.4, 0.5) is 15.8 Å². The van der Waals surface area contributed by atoms with Crippen LogP contribution in [0.3, 0.4) is 0 Å². The van der Waals surface area contributed by atoms with Gasteiger partial charge in [-0.1, -0.05) is 0 Å². The molecular weight excluding hydrogens is 299 g/mol. The van der Waals surface area contributed by atoms with Crippen LogP contribution in [0.2, 0.25) is 0 Å². The number of anilines is 2. The molecule has 2 rings (SSSR count). The van der Waals surface area contributed by atoms with Gasteiger partial charge < -0.3 is 5.73 Å². The highest BCUT2D eigenvalue weighted by atomic mass is 32.2. The first-order valence-corrected chi connectivity index (χ1v) is 8.34. The summed E-state index contributed by atoms with van der Waals surface area (Å²) >= 11 is 1.55. The summed E-state index contributed by atoms with van der Waals surface area (Å²) < 4.78 is 39.8. The predicted molar refractivity (Wildman–Crippen MR) is 79.8 cm³/mol. The van der Waals surface area contributed by atoms with Crippen LogP contribution in [0.1, 0.15) is 0 Å². The zero-order valence-corrected chi connectivity index (χ0v) is 12.3. The maximum atomic E-state index is 13.2. The number of nitrogens with one attached hydrogen (secondary N) is 1. The van der Waals surface area contributed by atoms with Crippen LogP contribution in [-0.2, 0) is 10.0 Å². The normalized spacial score (nSPS) is 11.3. The van der Waals surface area contributed by atoms with Gasteiger partial charge in [0.1, 0.15) is 5.82 Å². The molecule has 0 amide bonds. The average Bonchev–Trinajstić information content (AvgIpc) is 2.38. The van der Waals surface area contributed by atoms with Gasteiger partial charge in [0.15, 0.2) is 0 Å². The summed E-state index contributed by atoms with van der Waals surface area (Å²) in [5.41, 5.74) is 5.92. The van der Waals surface area contributed by atoms with E-state index in [4.69, 9.17) is 5.73 Å². The minimum Gasteiger partial charge on any atom is -0.399 e. The Kier molecular flexibility index (Phi) is 4.20. The van der Waals surface area contributed by atoms with Crippen LogP contribution < -0.4 is 10.5 Å². The standard InChI is InChI=1S/C13H13FN2O2S2/c1-19-12-4-2-11(3-5-12)16-20(17,18)13-7-9(14)6-10(15)8-13/h2-8,16H,15H2,1H3. The van der Waals surface area contributed by atoms with Gasteiger partial charge in [0, 0.05) is 16.3 Å². The molecule has 106 valence electrons. The number of nitrogens with two attached hydrogens (primary N) is 1. The van der Waals surface area contributed by atoms with Crippen molar-refractivity contribution >= 4 is 33.2 Å². The smallest absolute Gasteiger partial charge is 0.262 e. The molecule has 3 N–H and O–H groups in total. The van der Waals surface area contributed by atoms with Crippen molar-refractivity contribution in [2.45, 2.75) is 9.79 Å². The molecule has 4 nitrogen and oxygen atoms in total. The molecule has 20 heavy (non-hydrogen) atoms. The fourth-order valence-electron chi connectivity index (χ4n) is 1.61. The molecular formula is C13H13FN2O2S2. The SMILES string of the molecule is CSc1ccc(NS(=O)(=O)c2cc(N)cc(F)c2)cc1. The average molecular weight is 312 g/mol. The van der Waals surface area contributed by atoms with Crippen molar-refractivity contribution in [2.24, 2.45) is 0 Å². The molecule has 0 aliphatic carbocycles. The molecule has 0 saturated heterocycles. The van der Waals surface area contributed by atoms with Gasteiger partial charge in [0.25, 0.3) is 10.0 Å². The Morgan fingerprint density at radius 2 is 1.80 bits per heavy atom. The maximum Gasteiger partial charge on any atom is 0.262 e. The summed E-state index contributed by atoms with van der Waals surface area (Å²) in [7, 11) is -3.85. The largest absolute Gasteiger partial charge is 0.399 e. The van der Waals surface area contributed by atoms with Gasteiger partial charge in [0.2, 0.25) is 0 Å². The maximum absolute atomic E-state index is 13.2. The fraction of sp³-hybridized carbons (Fsp3) is 0.0769. The Balaban J connectivity index is 2.30. The van der Waals surface area contributed by atoms with Gasteiger partial charge in [-0.3, -0.25) is 4.72 Å². The van der Waals surface area contributed by atoms with E-state index in [9.17, 15) is 12.8 Å². The lowest BCUT2D eigenvalue weighted by molar-refractivity contribution is 0.595. The van der Waals surface area contributed by atoms with E-state index in [1.807, 2.05) is 6.26 Å². The number of nitrogen functional groups attached to an aromatic ring is 1. The number of sulfonamides is 1.